The van der Waals surface area contributed by atoms with Crippen LogP contribution in [0.15, 0.2) is 60.3 Å². The van der Waals surface area contributed by atoms with Crippen molar-refractivity contribution in [2.75, 3.05) is 13.6 Å². The number of amides is 1. The number of nitrogens with one attached hydrogen (secondary N) is 2. The van der Waals surface area contributed by atoms with Crippen LogP contribution in [0.2, 0.25) is 0 Å². The Morgan fingerprint density at radius 3 is 2.81 bits per heavy atom. The van der Waals surface area contributed by atoms with E-state index in [9.17, 15) is 4.79 Å². The molecule has 0 aliphatic heterocycles. The van der Waals surface area contributed by atoms with E-state index in [1.54, 1.807) is 0 Å². The molecule has 0 saturated heterocycles. The Kier molecular flexibility index (Phi) is 8.13. The fourth-order valence-corrected chi connectivity index (χ4v) is 4.27. The highest BCUT2D eigenvalue weighted by Gasteiger charge is 2.25. The Bertz CT molecular complexity index is 914. The SMILES string of the molecule is CN[C@@H]1Cc2cc(n(C)c2)/C=C\C=C(/C)[C@H]1C[C@H](C)CNC(=O)OCc1ccccc1. The van der Waals surface area contributed by atoms with Crippen LogP contribution in [0.25, 0.3) is 6.08 Å². The number of ether oxygens (including phenoxy) is 1. The molecule has 1 aliphatic rings. The van der Waals surface area contributed by atoms with Crippen molar-refractivity contribution in [3.63, 3.8) is 0 Å². The standard InChI is InChI=1S/C26H35N3O2/c1-19(16-28-26(30)31-18-21-10-6-5-7-11-21)13-24-20(2)9-8-12-23-14-22(17-29(23)4)15-25(24)27-3/h5-12,14,17,19,24-25,27H,13,15-16,18H2,1-4H3,(H,28,30)/b12-8-,20-9+/t19-,24+,25+/m0/s1. The van der Waals surface area contributed by atoms with Crippen LogP contribution in [-0.4, -0.2) is 30.3 Å². The minimum Gasteiger partial charge on any atom is -0.445 e. The summed E-state index contributed by atoms with van der Waals surface area (Å²) in [4.78, 5) is 12.1. The average molecular weight is 422 g/mol. The van der Waals surface area contributed by atoms with Gasteiger partial charge in [-0.05, 0) is 61.9 Å². The number of hydrogen-bond donors (Lipinski definition) is 2. The monoisotopic (exact) mass is 421 g/mol. The molecule has 1 heterocycles. The van der Waals surface area contributed by atoms with Gasteiger partial charge in [0.2, 0.25) is 0 Å². The number of alkyl carbamates (subject to hydrolysis) is 1. The van der Waals surface area contributed by atoms with Gasteiger partial charge in [-0.3, -0.25) is 0 Å². The van der Waals surface area contributed by atoms with Crippen LogP contribution in [0, 0.1) is 11.8 Å². The minimum absolute atomic E-state index is 0.290. The maximum atomic E-state index is 12.1. The first-order valence-electron chi connectivity index (χ1n) is 11.1. The maximum absolute atomic E-state index is 12.1. The number of carbonyl (C=O) groups is 1. The summed E-state index contributed by atoms with van der Waals surface area (Å²) >= 11 is 0. The van der Waals surface area contributed by atoms with E-state index in [0.717, 1.165) is 18.4 Å². The predicted octanol–water partition coefficient (Wildman–Crippen LogP) is 4.70. The summed E-state index contributed by atoms with van der Waals surface area (Å²) in [7, 11) is 4.13. The second kappa shape index (κ2) is 11.0. The summed E-state index contributed by atoms with van der Waals surface area (Å²) in [5.74, 6) is 0.709. The van der Waals surface area contributed by atoms with Crippen molar-refractivity contribution < 1.29 is 9.53 Å². The lowest BCUT2D eigenvalue weighted by molar-refractivity contribution is 0.137. The van der Waals surface area contributed by atoms with Crippen molar-refractivity contribution >= 4 is 12.2 Å². The van der Waals surface area contributed by atoms with Gasteiger partial charge in [-0.25, -0.2) is 4.79 Å². The number of aromatic nitrogens is 1. The van der Waals surface area contributed by atoms with Gasteiger partial charge in [0.1, 0.15) is 6.61 Å². The third-order valence-corrected chi connectivity index (χ3v) is 6.09. The molecule has 1 aliphatic carbocycles. The van der Waals surface area contributed by atoms with E-state index in [1.165, 1.54) is 16.8 Å². The number of hydrogen-bond acceptors (Lipinski definition) is 3. The molecule has 1 amide bonds. The number of nitrogens with zero attached hydrogens (tertiary/aromatic N) is 1. The van der Waals surface area contributed by atoms with Crippen LogP contribution >= 0.6 is 0 Å². The van der Waals surface area contributed by atoms with Crippen LogP contribution in [0.1, 0.15) is 37.1 Å². The maximum Gasteiger partial charge on any atom is 0.407 e. The minimum atomic E-state index is -0.362. The summed E-state index contributed by atoms with van der Waals surface area (Å²) in [6, 6.07) is 12.3. The zero-order valence-electron chi connectivity index (χ0n) is 19.1. The van der Waals surface area contributed by atoms with Crippen LogP contribution in [0.3, 0.4) is 0 Å². The molecule has 166 valence electrons. The molecule has 0 fully saturated rings. The van der Waals surface area contributed by atoms with Crippen molar-refractivity contribution in [2.45, 2.75) is 39.3 Å². The molecule has 0 radical (unpaired) electrons. The Morgan fingerprint density at radius 1 is 1.29 bits per heavy atom. The van der Waals surface area contributed by atoms with Crippen LogP contribution in [0.5, 0.6) is 0 Å². The average Bonchev–Trinajstić information content (AvgIpc) is 3.11. The highest BCUT2D eigenvalue weighted by Crippen LogP contribution is 2.27. The van der Waals surface area contributed by atoms with E-state index in [2.05, 4.69) is 66.6 Å². The lowest BCUT2D eigenvalue weighted by Gasteiger charge is -2.30. The van der Waals surface area contributed by atoms with E-state index >= 15 is 0 Å². The molecule has 1 aromatic heterocycles. The van der Waals surface area contributed by atoms with E-state index in [1.807, 2.05) is 37.4 Å². The van der Waals surface area contributed by atoms with Crippen molar-refractivity contribution in [2.24, 2.45) is 18.9 Å². The zero-order valence-corrected chi connectivity index (χ0v) is 19.1. The fourth-order valence-electron chi connectivity index (χ4n) is 4.27. The number of aryl methyl sites for hydroxylation is 1. The number of carbonyl (C=O) groups excluding carboxylic acids is 1. The molecule has 3 rings (SSSR count). The first kappa shape index (κ1) is 22.9. The molecule has 31 heavy (non-hydrogen) atoms. The van der Waals surface area contributed by atoms with Gasteiger partial charge in [0.05, 0.1) is 0 Å². The van der Waals surface area contributed by atoms with Crippen molar-refractivity contribution in [3.8, 4) is 0 Å². The van der Waals surface area contributed by atoms with Gasteiger partial charge in [-0.1, -0.05) is 55.0 Å². The van der Waals surface area contributed by atoms with Gasteiger partial charge in [0.15, 0.2) is 0 Å². The number of allylic oxidation sites excluding steroid dienone is 2. The topological polar surface area (TPSA) is 55.3 Å². The number of rotatable bonds is 7. The smallest absolute Gasteiger partial charge is 0.407 e. The zero-order chi connectivity index (χ0) is 22.2. The normalized spacial score (nSPS) is 22.1. The highest BCUT2D eigenvalue weighted by atomic mass is 16.5. The van der Waals surface area contributed by atoms with Gasteiger partial charge >= 0.3 is 6.09 Å². The molecule has 0 unspecified atom stereocenters. The summed E-state index contributed by atoms with van der Waals surface area (Å²) in [6.07, 6.45) is 10.4. The number of benzene rings is 1. The molecule has 1 aromatic carbocycles. The molecule has 0 spiro atoms. The summed E-state index contributed by atoms with van der Waals surface area (Å²) in [6.45, 7) is 5.29. The number of likely N-dealkylation sites (N-methyl/N-ethyl adjacent to an activating group) is 1. The highest BCUT2D eigenvalue weighted by molar-refractivity contribution is 5.67. The lowest BCUT2D eigenvalue weighted by atomic mass is 9.81. The fraction of sp³-hybridized carbons (Fsp3) is 0.423. The van der Waals surface area contributed by atoms with Crippen LogP contribution in [0.4, 0.5) is 4.79 Å². The third kappa shape index (κ3) is 6.59. The van der Waals surface area contributed by atoms with Gasteiger partial charge in [-0.2, -0.15) is 0 Å². The summed E-state index contributed by atoms with van der Waals surface area (Å²) in [5.41, 5.74) is 4.91. The van der Waals surface area contributed by atoms with Gasteiger partial charge < -0.3 is 19.9 Å². The third-order valence-electron chi connectivity index (χ3n) is 6.09. The van der Waals surface area contributed by atoms with E-state index in [4.69, 9.17) is 4.74 Å². The van der Waals surface area contributed by atoms with E-state index < -0.39 is 0 Å². The Morgan fingerprint density at radius 2 is 2.06 bits per heavy atom. The Hall–Kier alpha value is -2.79. The molecule has 2 aromatic rings. The quantitative estimate of drug-likeness (QED) is 0.681. The van der Waals surface area contributed by atoms with E-state index in [0.29, 0.717) is 31.0 Å². The molecule has 2 bridgehead atoms. The van der Waals surface area contributed by atoms with Crippen LogP contribution < -0.4 is 10.6 Å². The summed E-state index contributed by atoms with van der Waals surface area (Å²) in [5, 5.41) is 6.47. The second-order valence-electron chi connectivity index (χ2n) is 8.64. The molecule has 0 saturated carbocycles. The van der Waals surface area contributed by atoms with E-state index in [-0.39, 0.29) is 6.09 Å². The van der Waals surface area contributed by atoms with Crippen molar-refractivity contribution in [1.29, 1.82) is 0 Å². The van der Waals surface area contributed by atoms with Gasteiger partial charge in [0.25, 0.3) is 0 Å². The Labute approximate surface area is 186 Å². The van der Waals surface area contributed by atoms with Crippen molar-refractivity contribution in [3.05, 3.63) is 77.1 Å². The van der Waals surface area contributed by atoms with Gasteiger partial charge in [0, 0.05) is 31.5 Å². The second-order valence-corrected chi connectivity index (χ2v) is 8.64. The molecule has 2 N–H and O–H groups in total. The molecule has 5 nitrogen and oxygen atoms in total. The largest absolute Gasteiger partial charge is 0.445 e. The van der Waals surface area contributed by atoms with Crippen molar-refractivity contribution in [1.82, 2.24) is 15.2 Å². The van der Waals surface area contributed by atoms with Crippen LogP contribution in [-0.2, 0) is 24.8 Å². The predicted molar refractivity (Wildman–Crippen MR) is 127 cm³/mol. The first-order chi connectivity index (χ1) is 15.0. The summed E-state index contributed by atoms with van der Waals surface area (Å²) < 4.78 is 7.52. The Balaban J connectivity index is 1.57. The number of fused-ring (bicyclic) bond motifs is 2. The molecule has 3 atom stereocenters. The molecule has 5 heteroatoms. The van der Waals surface area contributed by atoms with Gasteiger partial charge in [-0.15, -0.1) is 0 Å². The molecular weight excluding hydrogens is 386 g/mol. The lowest BCUT2D eigenvalue weighted by Crippen LogP contribution is -2.38. The first-order valence-corrected chi connectivity index (χ1v) is 11.1. The molecular formula is C26H35N3O2.